The van der Waals surface area contributed by atoms with E-state index in [0.717, 1.165) is 36.4 Å². The highest BCUT2D eigenvalue weighted by molar-refractivity contribution is 9.10. The van der Waals surface area contributed by atoms with Crippen molar-refractivity contribution in [1.82, 2.24) is 4.98 Å². The molecule has 0 aliphatic heterocycles. The zero-order chi connectivity index (χ0) is 22.9. The van der Waals surface area contributed by atoms with E-state index in [1.807, 2.05) is 0 Å². The van der Waals surface area contributed by atoms with Crippen LogP contribution in [0.25, 0.3) is 11.5 Å². The van der Waals surface area contributed by atoms with Gasteiger partial charge in [0.15, 0.2) is 16.2 Å². The number of aromatic nitrogens is 1. The minimum atomic E-state index is -4.50. The number of hydrogen-bond donors (Lipinski definition) is 2. The Hall–Kier alpha value is -2.99. The predicted octanol–water partition coefficient (Wildman–Crippen LogP) is 4.61. The third kappa shape index (κ3) is 4.85. The highest BCUT2D eigenvalue weighted by Crippen LogP contribution is 2.33. The van der Waals surface area contributed by atoms with Gasteiger partial charge in [0.1, 0.15) is 29.8 Å². The van der Waals surface area contributed by atoms with Gasteiger partial charge in [0.05, 0.1) is 5.56 Å². The van der Waals surface area contributed by atoms with Crippen molar-refractivity contribution in [2.24, 2.45) is 5.73 Å². The molecule has 0 aliphatic rings. The van der Waals surface area contributed by atoms with Crippen molar-refractivity contribution in [2.45, 2.75) is 12.3 Å². The summed E-state index contributed by atoms with van der Waals surface area (Å²) in [5.41, 5.74) is 3.22. The fourth-order valence-electron chi connectivity index (χ4n) is 2.56. The molecule has 3 rings (SSSR count). The third-order valence-corrected chi connectivity index (χ3v) is 4.65. The number of amides is 1. The largest absolute Gasteiger partial charge is 0.487 e. The number of primary amides is 1. The number of aliphatic hydroxyl groups excluding tert-OH is 1. The summed E-state index contributed by atoms with van der Waals surface area (Å²) in [5.74, 6) is -4.44. The quantitative estimate of drug-likeness (QED) is 0.475. The van der Waals surface area contributed by atoms with Crippen molar-refractivity contribution in [3.05, 3.63) is 69.5 Å². The fourth-order valence-corrected chi connectivity index (χ4v) is 3.07. The van der Waals surface area contributed by atoms with Crippen LogP contribution in [0.15, 0.2) is 45.5 Å². The Bertz CT molecular complexity index is 1120. The molecule has 6 nitrogen and oxygen atoms in total. The molecule has 0 saturated heterocycles. The summed E-state index contributed by atoms with van der Waals surface area (Å²) in [5, 5.41) is 10.3. The Balaban J connectivity index is 1.77. The molecule has 0 aliphatic carbocycles. The second-order valence-corrected chi connectivity index (χ2v) is 6.90. The molecule has 12 heteroatoms. The molecule has 0 fully saturated rings. The summed E-state index contributed by atoms with van der Waals surface area (Å²) in [7, 11) is 0. The number of oxazole rings is 1. The molecule has 1 aromatic heterocycles. The van der Waals surface area contributed by atoms with Crippen molar-refractivity contribution in [3.8, 4) is 17.2 Å². The number of nitrogens with zero attached hydrogens (tertiary/aromatic N) is 1. The molecule has 1 amide bonds. The molecule has 0 saturated carbocycles. The summed E-state index contributed by atoms with van der Waals surface area (Å²) in [4.78, 5) is 15.2. The molecular weight excluding hydrogens is 495 g/mol. The normalized spacial score (nSPS) is 12.6. The molecule has 1 unspecified atom stereocenters. The number of benzene rings is 2. The van der Waals surface area contributed by atoms with E-state index in [0.29, 0.717) is 0 Å². The van der Waals surface area contributed by atoms with Gasteiger partial charge in [-0.15, -0.1) is 0 Å². The topological polar surface area (TPSA) is 98.6 Å². The number of hydrogen-bond acceptors (Lipinski definition) is 5. The minimum absolute atomic E-state index is 0.0316. The number of carbonyl (C=O) groups is 1. The maximum Gasteiger partial charge on any atom is 0.416 e. The van der Waals surface area contributed by atoms with Gasteiger partial charge in [0.2, 0.25) is 5.89 Å². The Morgan fingerprint density at radius 2 is 1.84 bits per heavy atom. The van der Waals surface area contributed by atoms with E-state index in [1.165, 1.54) is 0 Å². The van der Waals surface area contributed by atoms with Crippen molar-refractivity contribution in [3.63, 3.8) is 0 Å². The molecule has 0 bridgehead atoms. The first kappa shape index (κ1) is 22.7. The van der Waals surface area contributed by atoms with E-state index in [9.17, 15) is 31.9 Å². The average Bonchev–Trinajstić information content (AvgIpc) is 3.08. The lowest BCUT2D eigenvalue weighted by atomic mass is 10.1. The lowest BCUT2D eigenvalue weighted by Gasteiger charge is -2.12. The van der Waals surface area contributed by atoms with Gasteiger partial charge in [-0.2, -0.15) is 13.2 Å². The SMILES string of the molecule is NC(=O)c1c(F)ccc(OCC(O)c2nc(-c3ccc(C(F)(F)F)cc3)oc2Br)c1F. The highest BCUT2D eigenvalue weighted by atomic mass is 79.9. The second-order valence-electron chi connectivity index (χ2n) is 6.18. The van der Waals surface area contributed by atoms with Gasteiger partial charge >= 0.3 is 6.18 Å². The number of aliphatic hydroxyl groups is 1. The van der Waals surface area contributed by atoms with Gasteiger partial charge in [-0.3, -0.25) is 4.79 Å². The smallest absolute Gasteiger partial charge is 0.416 e. The Morgan fingerprint density at radius 1 is 1.19 bits per heavy atom. The first-order valence-corrected chi connectivity index (χ1v) is 9.21. The summed E-state index contributed by atoms with van der Waals surface area (Å²) in [6, 6.07) is 5.68. The molecule has 1 atom stereocenters. The van der Waals surface area contributed by atoms with E-state index in [4.69, 9.17) is 14.9 Å². The predicted molar refractivity (Wildman–Crippen MR) is 100.0 cm³/mol. The van der Waals surface area contributed by atoms with Crippen LogP contribution < -0.4 is 10.5 Å². The van der Waals surface area contributed by atoms with Crippen molar-refractivity contribution in [1.29, 1.82) is 0 Å². The molecule has 2 aromatic carbocycles. The number of alkyl halides is 3. The highest BCUT2D eigenvalue weighted by Gasteiger charge is 2.30. The van der Waals surface area contributed by atoms with Crippen molar-refractivity contribution in [2.75, 3.05) is 6.61 Å². The monoisotopic (exact) mass is 506 g/mol. The van der Waals surface area contributed by atoms with Gasteiger partial charge in [0.25, 0.3) is 5.91 Å². The molecule has 3 N–H and O–H groups in total. The maximum atomic E-state index is 14.2. The molecule has 0 radical (unpaired) electrons. The first-order chi connectivity index (χ1) is 14.5. The Labute approximate surface area is 179 Å². The number of nitrogens with two attached hydrogens (primary N) is 1. The van der Waals surface area contributed by atoms with Crippen LogP contribution in [0.5, 0.6) is 5.75 Å². The van der Waals surface area contributed by atoms with Gasteiger partial charge in [-0.25, -0.2) is 13.8 Å². The van der Waals surface area contributed by atoms with Gasteiger partial charge < -0.3 is 20.0 Å². The third-order valence-electron chi connectivity index (χ3n) is 4.08. The average molecular weight is 507 g/mol. The maximum absolute atomic E-state index is 14.2. The van der Waals surface area contributed by atoms with E-state index < -0.39 is 53.3 Å². The number of halogens is 6. The van der Waals surface area contributed by atoms with Crippen LogP contribution in [-0.4, -0.2) is 22.6 Å². The summed E-state index contributed by atoms with van der Waals surface area (Å²) in [6.45, 7) is -0.571. The molecular formula is C19H12BrF5N2O4. The van der Waals surface area contributed by atoms with Crippen LogP contribution >= 0.6 is 15.9 Å². The molecule has 0 spiro atoms. The van der Waals surface area contributed by atoms with Crippen LogP contribution in [0.1, 0.15) is 27.7 Å². The molecule has 31 heavy (non-hydrogen) atoms. The zero-order valence-corrected chi connectivity index (χ0v) is 16.8. The van der Waals surface area contributed by atoms with Gasteiger partial charge in [-0.1, -0.05) is 0 Å². The Morgan fingerprint density at radius 3 is 2.42 bits per heavy atom. The van der Waals surface area contributed by atoms with Crippen molar-refractivity contribution < 1.29 is 41.0 Å². The molecule has 164 valence electrons. The van der Waals surface area contributed by atoms with Crippen LogP contribution in [0.2, 0.25) is 0 Å². The minimum Gasteiger partial charge on any atom is -0.487 e. The zero-order valence-electron chi connectivity index (χ0n) is 15.2. The van der Waals surface area contributed by atoms with E-state index in [1.54, 1.807) is 0 Å². The van der Waals surface area contributed by atoms with Crippen LogP contribution in [0.3, 0.4) is 0 Å². The Kier molecular flexibility index (Phi) is 6.32. The fraction of sp³-hybridized carbons (Fsp3) is 0.158. The number of carbonyl (C=O) groups excluding carboxylic acids is 1. The van der Waals surface area contributed by atoms with Crippen molar-refractivity contribution >= 4 is 21.8 Å². The lowest BCUT2D eigenvalue weighted by Crippen LogP contribution is -2.17. The van der Waals surface area contributed by atoms with Crippen LogP contribution in [-0.2, 0) is 6.18 Å². The van der Waals surface area contributed by atoms with E-state index in [-0.39, 0.29) is 21.8 Å². The van der Waals surface area contributed by atoms with E-state index >= 15 is 0 Å². The lowest BCUT2D eigenvalue weighted by molar-refractivity contribution is -0.137. The van der Waals surface area contributed by atoms with Gasteiger partial charge in [-0.05, 0) is 52.3 Å². The summed E-state index contributed by atoms with van der Waals surface area (Å²) < 4.78 is 76.1. The van der Waals surface area contributed by atoms with E-state index in [2.05, 4.69) is 20.9 Å². The summed E-state index contributed by atoms with van der Waals surface area (Å²) >= 11 is 3.03. The first-order valence-electron chi connectivity index (χ1n) is 8.41. The second kappa shape index (κ2) is 8.63. The van der Waals surface area contributed by atoms with Crippen LogP contribution in [0, 0.1) is 11.6 Å². The van der Waals surface area contributed by atoms with Gasteiger partial charge in [0, 0.05) is 5.56 Å². The molecule has 3 aromatic rings. The number of ether oxygens (including phenoxy) is 1. The van der Waals surface area contributed by atoms with Crippen LogP contribution in [0.4, 0.5) is 22.0 Å². The number of rotatable bonds is 6. The molecule has 1 heterocycles. The summed E-state index contributed by atoms with van der Waals surface area (Å²) in [6.07, 6.45) is -5.97. The standard InChI is InChI=1S/C19H12BrF5N2O4/c20-16-15(27-18(31-16)8-1-3-9(4-2-8)19(23,24)25)11(28)7-30-12-6-5-10(21)13(14(12)22)17(26)29/h1-6,11,28H,7H2,(H2,26,29).